The van der Waals surface area contributed by atoms with Crippen LogP contribution in [0.4, 0.5) is 0 Å². The van der Waals surface area contributed by atoms with Crippen LogP contribution in [0.25, 0.3) is 0 Å². The quantitative estimate of drug-likeness (QED) is 0.898. The molecule has 1 aliphatic heterocycles. The molecule has 0 saturated carbocycles. The number of nitrogens with zero attached hydrogens (tertiary/aromatic N) is 1. The second kappa shape index (κ2) is 6.89. The van der Waals surface area contributed by atoms with Crippen LogP contribution in [0.3, 0.4) is 0 Å². The van der Waals surface area contributed by atoms with Crippen LogP contribution in [0.5, 0.6) is 0 Å². The van der Waals surface area contributed by atoms with Crippen molar-refractivity contribution in [2.75, 3.05) is 25.4 Å². The molecule has 0 spiro atoms. The molecule has 5 heteroatoms. The van der Waals surface area contributed by atoms with Gasteiger partial charge in [0.2, 0.25) is 0 Å². The standard InChI is InChI=1S/C15H22Cl2N2S/c1-15(2)5-6-19(7-8-20-15)14(10-18)11-3-4-12(16)13(17)9-11/h3-4,9,14H,5-8,10,18H2,1-2H3. The van der Waals surface area contributed by atoms with Crippen LogP contribution in [-0.2, 0) is 0 Å². The molecule has 2 nitrogen and oxygen atoms in total. The van der Waals surface area contributed by atoms with Gasteiger partial charge in [-0.3, -0.25) is 4.90 Å². The van der Waals surface area contributed by atoms with Gasteiger partial charge in [0.25, 0.3) is 0 Å². The van der Waals surface area contributed by atoms with Gasteiger partial charge in [-0.15, -0.1) is 0 Å². The van der Waals surface area contributed by atoms with E-state index in [1.807, 2.05) is 30.0 Å². The number of hydrogen-bond acceptors (Lipinski definition) is 3. The van der Waals surface area contributed by atoms with E-state index in [1.54, 1.807) is 0 Å². The lowest BCUT2D eigenvalue weighted by atomic mass is 10.0. The van der Waals surface area contributed by atoms with E-state index in [0.29, 0.717) is 21.3 Å². The fourth-order valence-corrected chi connectivity index (χ4v) is 3.98. The maximum absolute atomic E-state index is 6.14. The Labute approximate surface area is 136 Å². The van der Waals surface area contributed by atoms with Gasteiger partial charge in [-0.2, -0.15) is 11.8 Å². The predicted octanol–water partition coefficient (Wildman–Crippen LogP) is 4.21. The molecule has 0 radical (unpaired) electrons. The minimum absolute atomic E-state index is 0.222. The number of hydrogen-bond donors (Lipinski definition) is 1. The van der Waals surface area contributed by atoms with Gasteiger partial charge >= 0.3 is 0 Å². The van der Waals surface area contributed by atoms with Crippen molar-refractivity contribution in [3.8, 4) is 0 Å². The first kappa shape index (κ1) is 16.4. The van der Waals surface area contributed by atoms with Crippen molar-refractivity contribution < 1.29 is 0 Å². The van der Waals surface area contributed by atoms with E-state index < -0.39 is 0 Å². The minimum Gasteiger partial charge on any atom is -0.329 e. The Morgan fingerprint density at radius 3 is 2.70 bits per heavy atom. The van der Waals surface area contributed by atoms with Crippen LogP contribution >= 0.6 is 35.0 Å². The zero-order valence-corrected chi connectivity index (χ0v) is 14.4. The third kappa shape index (κ3) is 4.05. The molecule has 1 unspecified atom stereocenters. The largest absolute Gasteiger partial charge is 0.329 e. The molecule has 1 saturated heterocycles. The van der Waals surface area contributed by atoms with Gasteiger partial charge in [0, 0.05) is 36.2 Å². The van der Waals surface area contributed by atoms with Gasteiger partial charge in [-0.1, -0.05) is 43.1 Å². The molecule has 20 heavy (non-hydrogen) atoms. The maximum atomic E-state index is 6.14. The molecule has 1 aliphatic rings. The van der Waals surface area contributed by atoms with Crippen molar-refractivity contribution >= 4 is 35.0 Å². The molecule has 112 valence electrons. The molecule has 1 fully saturated rings. The second-order valence-corrected chi connectivity index (χ2v) is 8.44. The fourth-order valence-electron chi connectivity index (χ4n) is 2.56. The van der Waals surface area contributed by atoms with Crippen LogP contribution in [0, 0.1) is 0 Å². The summed E-state index contributed by atoms with van der Waals surface area (Å²) in [6.45, 7) is 7.37. The smallest absolute Gasteiger partial charge is 0.0595 e. The molecule has 0 amide bonds. The molecular formula is C15H22Cl2N2S. The fraction of sp³-hybridized carbons (Fsp3) is 0.600. The molecule has 0 aromatic heterocycles. The summed E-state index contributed by atoms with van der Waals surface area (Å²) in [7, 11) is 0. The van der Waals surface area contributed by atoms with Crippen LogP contribution in [-0.4, -0.2) is 35.0 Å². The minimum atomic E-state index is 0.222. The Kier molecular flexibility index (Phi) is 5.66. The molecule has 2 N–H and O–H groups in total. The third-order valence-corrected chi connectivity index (χ3v) is 5.98. The zero-order valence-electron chi connectivity index (χ0n) is 12.0. The molecule has 1 heterocycles. The topological polar surface area (TPSA) is 29.3 Å². The number of thioether (sulfide) groups is 1. The van der Waals surface area contributed by atoms with Crippen molar-refractivity contribution in [3.05, 3.63) is 33.8 Å². The van der Waals surface area contributed by atoms with Gasteiger partial charge < -0.3 is 5.73 Å². The lowest BCUT2D eigenvalue weighted by Crippen LogP contribution is -2.35. The Hall–Kier alpha value is 0.0700. The van der Waals surface area contributed by atoms with E-state index in [4.69, 9.17) is 28.9 Å². The van der Waals surface area contributed by atoms with E-state index in [0.717, 1.165) is 24.4 Å². The van der Waals surface area contributed by atoms with Crippen LogP contribution in [0.1, 0.15) is 31.9 Å². The molecule has 1 aromatic rings. The summed E-state index contributed by atoms with van der Waals surface area (Å²) in [6, 6.07) is 6.07. The first-order chi connectivity index (χ1) is 9.43. The number of halogens is 2. The van der Waals surface area contributed by atoms with Crippen molar-refractivity contribution in [3.63, 3.8) is 0 Å². The highest BCUT2D eigenvalue weighted by Gasteiger charge is 2.27. The molecule has 1 aromatic carbocycles. The normalized spacial score (nSPS) is 21.4. The van der Waals surface area contributed by atoms with Crippen molar-refractivity contribution in [1.82, 2.24) is 4.90 Å². The van der Waals surface area contributed by atoms with E-state index >= 15 is 0 Å². The predicted molar refractivity (Wildman–Crippen MR) is 91.0 cm³/mol. The molecule has 2 rings (SSSR count). The molecule has 0 aliphatic carbocycles. The average molecular weight is 333 g/mol. The summed E-state index contributed by atoms with van der Waals surface area (Å²) in [5.41, 5.74) is 7.18. The van der Waals surface area contributed by atoms with E-state index in [1.165, 1.54) is 6.42 Å². The van der Waals surface area contributed by atoms with Crippen LogP contribution in [0.2, 0.25) is 10.0 Å². The van der Waals surface area contributed by atoms with Crippen molar-refractivity contribution in [1.29, 1.82) is 0 Å². The number of rotatable bonds is 3. The summed E-state index contributed by atoms with van der Waals surface area (Å²) in [6.07, 6.45) is 1.18. The van der Waals surface area contributed by atoms with E-state index in [2.05, 4.69) is 18.7 Å². The Morgan fingerprint density at radius 2 is 2.05 bits per heavy atom. The van der Waals surface area contributed by atoms with Gasteiger partial charge in [0.1, 0.15) is 0 Å². The Balaban J connectivity index is 2.17. The lowest BCUT2D eigenvalue weighted by molar-refractivity contribution is 0.211. The summed E-state index contributed by atoms with van der Waals surface area (Å²) in [5.74, 6) is 1.14. The highest BCUT2D eigenvalue weighted by Crippen LogP contribution is 2.34. The molecular weight excluding hydrogens is 311 g/mol. The number of nitrogens with two attached hydrogens (primary N) is 1. The van der Waals surface area contributed by atoms with Gasteiger partial charge in [0.05, 0.1) is 10.0 Å². The van der Waals surface area contributed by atoms with E-state index in [-0.39, 0.29) is 6.04 Å². The molecule has 0 bridgehead atoms. The summed E-state index contributed by atoms with van der Waals surface area (Å²) in [5, 5.41) is 1.20. The highest BCUT2D eigenvalue weighted by atomic mass is 35.5. The summed E-state index contributed by atoms with van der Waals surface area (Å²) < 4.78 is 0.353. The van der Waals surface area contributed by atoms with E-state index in [9.17, 15) is 0 Å². The molecule has 1 atom stereocenters. The summed E-state index contributed by atoms with van der Waals surface area (Å²) >= 11 is 14.2. The van der Waals surface area contributed by atoms with Crippen molar-refractivity contribution in [2.45, 2.75) is 31.1 Å². The van der Waals surface area contributed by atoms with Gasteiger partial charge in [-0.25, -0.2) is 0 Å². The first-order valence-corrected chi connectivity index (χ1v) is 8.70. The lowest BCUT2D eigenvalue weighted by Gasteiger charge is -2.30. The maximum Gasteiger partial charge on any atom is 0.0595 e. The Bertz CT molecular complexity index is 465. The first-order valence-electron chi connectivity index (χ1n) is 6.96. The SMILES string of the molecule is CC1(C)CCN(C(CN)c2ccc(Cl)c(Cl)c2)CCS1. The summed E-state index contributed by atoms with van der Waals surface area (Å²) in [4.78, 5) is 2.47. The van der Waals surface area contributed by atoms with Gasteiger partial charge in [-0.05, 0) is 24.1 Å². The number of benzene rings is 1. The second-order valence-electron chi connectivity index (χ2n) is 5.82. The van der Waals surface area contributed by atoms with Crippen LogP contribution in [0.15, 0.2) is 18.2 Å². The Morgan fingerprint density at radius 1 is 1.30 bits per heavy atom. The zero-order chi connectivity index (χ0) is 14.8. The van der Waals surface area contributed by atoms with Gasteiger partial charge in [0.15, 0.2) is 0 Å². The third-order valence-electron chi connectivity index (χ3n) is 3.86. The monoisotopic (exact) mass is 332 g/mol. The highest BCUT2D eigenvalue weighted by molar-refractivity contribution is 8.00. The van der Waals surface area contributed by atoms with Crippen molar-refractivity contribution in [2.24, 2.45) is 5.73 Å². The average Bonchev–Trinajstić information content (AvgIpc) is 2.56. The van der Waals surface area contributed by atoms with Crippen LogP contribution < -0.4 is 5.73 Å².